The molecule has 7 nitrogen and oxygen atoms in total. The molecule has 0 aromatic carbocycles. The maximum Gasteiger partial charge on any atom is 0.335 e. The van der Waals surface area contributed by atoms with Gasteiger partial charge in [0.15, 0.2) is 24.4 Å². The zero-order valence-electron chi connectivity index (χ0n) is 11.6. The molecule has 110 valence electrons. The minimum atomic E-state index is -0.671. The number of esters is 2. The summed E-state index contributed by atoms with van der Waals surface area (Å²) in [5.41, 5.74) is 0. The number of rotatable bonds is 6. The Balaban J connectivity index is 2.50. The van der Waals surface area contributed by atoms with Crippen LogP contribution in [0.4, 0.5) is 0 Å². The van der Waals surface area contributed by atoms with Gasteiger partial charge in [-0.2, -0.15) is 0 Å². The molecule has 0 spiro atoms. The van der Waals surface area contributed by atoms with Crippen molar-refractivity contribution in [3.8, 4) is 0 Å². The van der Waals surface area contributed by atoms with E-state index in [9.17, 15) is 9.59 Å². The molecule has 1 heterocycles. The van der Waals surface area contributed by atoms with E-state index in [-0.39, 0.29) is 13.2 Å². The van der Waals surface area contributed by atoms with Gasteiger partial charge < -0.3 is 23.7 Å². The highest BCUT2D eigenvalue weighted by Gasteiger charge is 2.36. The summed E-state index contributed by atoms with van der Waals surface area (Å²) >= 11 is 0. The summed E-state index contributed by atoms with van der Waals surface area (Å²) in [6.07, 6.45) is -2.57. The van der Waals surface area contributed by atoms with Crippen molar-refractivity contribution in [3.05, 3.63) is 0 Å². The predicted molar refractivity (Wildman–Crippen MR) is 63.5 cm³/mol. The Morgan fingerprint density at radius 1 is 0.947 bits per heavy atom. The molecule has 3 unspecified atom stereocenters. The van der Waals surface area contributed by atoms with Gasteiger partial charge in [0.2, 0.25) is 0 Å². The van der Waals surface area contributed by atoms with Gasteiger partial charge in [0.05, 0.1) is 13.2 Å². The van der Waals surface area contributed by atoms with Crippen molar-refractivity contribution in [1.82, 2.24) is 0 Å². The van der Waals surface area contributed by atoms with E-state index in [1.54, 1.807) is 13.8 Å². The van der Waals surface area contributed by atoms with E-state index in [2.05, 4.69) is 0 Å². The zero-order chi connectivity index (χ0) is 14.4. The van der Waals surface area contributed by atoms with Gasteiger partial charge in [-0.15, -0.1) is 0 Å². The molecule has 0 aromatic heterocycles. The molecule has 0 radical (unpaired) electrons. The van der Waals surface area contributed by atoms with Gasteiger partial charge in [0.25, 0.3) is 0 Å². The molecule has 7 heteroatoms. The van der Waals surface area contributed by atoms with E-state index in [1.807, 2.05) is 0 Å². The van der Waals surface area contributed by atoms with E-state index in [4.69, 9.17) is 23.7 Å². The molecule has 1 rings (SSSR count). The van der Waals surface area contributed by atoms with Crippen LogP contribution in [0.1, 0.15) is 13.8 Å². The van der Waals surface area contributed by atoms with Crippen molar-refractivity contribution in [2.75, 3.05) is 27.4 Å². The molecule has 0 amide bonds. The van der Waals surface area contributed by atoms with Gasteiger partial charge in [-0.05, 0) is 13.8 Å². The first-order chi connectivity index (χ1) is 8.99. The summed E-state index contributed by atoms with van der Waals surface area (Å²) in [6.45, 7) is 3.54. The molecular formula is C12H20O7. The van der Waals surface area contributed by atoms with Crippen LogP contribution in [0.3, 0.4) is 0 Å². The number of carbonyl (C=O) groups is 2. The average Bonchev–Trinajstić information content (AvgIpc) is 2.83. The van der Waals surface area contributed by atoms with E-state index < -0.39 is 36.4 Å². The summed E-state index contributed by atoms with van der Waals surface area (Å²) in [4.78, 5) is 23.2. The fourth-order valence-corrected chi connectivity index (χ4v) is 1.42. The molecule has 1 saturated heterocycles. The van der Waals surface area contributed by atoms with Gasteiger partial charge in [-0.3, -0.25) is 0 Å². The second-order valence-electron chi connectivity index (χ2n) is 4.24. The number of hydrogen-bond acceptors (Lipinski definition) is 7. The van der Waals surface area contributed by atoms with E-state index >= 15 is 0 Å². The molecule has 0 bridgehead atoms. The first-order valence-corrected chi connectivity index (χ1v) is 6.04. The molecule has 0 aliphatic carbocycles. The molecule has 1 fully saturated rings. The fourth-order valence-electron chi connectivity index (χ4n) is 1.42. The van der Waals surface area contributed by atoms with Crippen LogP contribution in [-0.2, 0) is 33.3 Å². The molecule has 4 atom stereocenters. The van der Waals surface area contributed by atoms with Crippen LogP contribution in [0.5, 0.6) is 0 Å². The third-order valence-corrected chi connectivity index (χ3v) is 2.88. The van der Waals surface area contributed by atoms with Crippen molar-refractivity contribution >= 4 is 11.9 Å². The molecular weight excluding hydrogens is 256 g/mol. The summed E-state index contributed by atoms with van der Waals surface area (Å²) in [6, 6.07) is 0. The van der Waals surface area contributed by atoms with Crippen LogP contribution in [0.2, 0.25) is 0 Å². The Morgan fingerprint density at radius 3 is 1.63 bits per heavy atom. The van der Waals surface area contributed by atoms with E-state index in [0.29, 0.717) is 0 Å². The van der Waals surface area contributed by atoms with Crippen molar-refractivity contribution in [2.24, 2.45) is 0 Å². The van der Waals surface area contributed by atoms with Crippen molar-refractivity contribution in [1.29, 1.82) is 0 Å². The summed E-state index contributed by atoms with van der Waals surface area (Å²) in [7, 11) is 2.82. The van der Waals surface area contributed by atoms with Crippen molar-refractivity contribution in [3.63, 3.8) is 0 Å². The molecule has 0 N–H and O–H groups in total. The lowest BCUT2D eigenvalue weighted by Gasteiger charge is -2.21. The Bertz CT molecular complexity index is 287. The quantitative estimate of drug-likeness (QED) is 0.627. The number of carbonyl (C=O) groups excluding carboxylic acids is 2. The second-order valence-corrected chi connectivity index (χ2v) is 4.24. The van der Waals surface area contributed by atoms with Gasteiger partial charge in [0.1, 0.15) is 0 Å². The van der Waals surface area contributed by atoms with Gasteiger partial charge in [0, 0.05) is 14.2 Å². The first kappa shape index (κ1) is 15.9. The number of methoxy groups -OCH3 is 2. The monoisotopic (exact) mass is 276 g/mol. The Kier molecular flexibility index (Phi) is 6.20. The first-order valence-electron chi connectivity index (χ1n) is 6.04. The largest absolute Gasteiger partial charge is 0.454 e. The SMILES string of the molecule is COC(C)C(=O)OC1COCC1OC(=O)[C@H](C)OC. The lowest BCUT2D eigenvalue weighted by molar-refractivity contribution is -0.174. The highest BCUT2D eigenvalue weighted by atomic mass is 16.6. The average molecular weight is 276 g/mol. The normalized spacial score (nSPS) is 25.7. The van der Waals surface area contributed by atoms with Crippen LogP contribution in [0.15, 0.2) is 0 Å². The third kappa shape index (κ3) is 4.45. The number of ether oxygens (including phenoxy) is 5. The maximum absolute atomic E-state index is 11.6. The zero-order valence-corrected chi connectivity index (χ0v) is 11.6. The molecule has 1 aliphatic heterocycles. The van der Waals surface area contributed by atoms with E-state index in [0.717, 1.165) is 0 Å². The van der Waals surface area contributed by atoms with Crippen molar-refractivity contribution < 1.29 is 33.3 Å². The summed E-state index contributed by atoms with van der Waals surface area (Å²) < 4.78 is 25.2. The van der Waals surface area contributed by atoms with E-state index in [1.165, 1.54) is 14.2 Å². The summed E-state index contributed by atoms with van der Waals surface area (Å²) in [5, 5.41) is 0. The predicted octanol–water partition coefficient (Wildman–Crippen LogP) is -0.0900. The van der Waals surface area contributed by atoms with Crippen LogP contribution in [-0.4, -0.2) is 63.8 Å². The number of hydrogen-bond donors (Lipinski definition) is 0. The van der Waals surface area contributed by atoms with Gasteiger partial charge in [-0.25, -0.2) is 9.59 Å². The highest BCUT2D eigenvalue weighted by molar-refractivity contribution is 5.75. The smallest absolute Gasteiger partial charge is 0.335 e. The minimum Gasteiger partial charge on any atom is -0.454 e. The minimum absolute atomic E-state index is 0.196. The lowest BCUT2D eigenvalue weighted by Crippen LogP contribution is -2.38. The standard InChI is InChI=1S/C12H20O7/c1-7(15-3)11(13)18-9-5-17-6-10(9)19-12(14)8(2)16-4/h7-10H,5-6H2,1-4H3/t7-,8?,9?,10?/m0/s1. The third-order valence-electron chi connectivity index (χ3n) is 2.88. The van der Waals surface area contributed by atoms with Crippen LogP contribution < -0.4 is 0 Å². The van der Waals surface area contributed by atoms with Crippen LogP contribution >= 0.6 is 0 Å². The second kappa shape index (κ2) is 7.42. The Morgan fingerprint density at radius 2 is 1.32 bits per heavy atom. The van der Waals surface area contributed by atoms with Crippen LogP contribution in [0.25, 0.3) is 0 Å². The fraction of sp³-hybridized carbons (Fsp3) is 0.833. The van der Waals surface area contributed by atoms with Gasteiger partial charge >= 0.3 is 11.9 Å². The lowest BCUT2D eigenvalue weighted by atomic mass is 10.2. The van der Waals surface area contributed by atoms with Gasteiger partial charge in [-0.1, -0.05) is 0 Å². The molecule has 1 aliphatic rings. The Hall–Kier alpha value is -1.18. The topological polar surface area (TPSA) is 80.3 Å². The molecule has 0 aromatic rings. The molecule has 19 heavy (non-hydrogen) atoms. The summed E-state index contributed by atoms with van der Waals surface area (Å²) in [5.74, 6) is -1.03. The highest BCUT2D eigenvalue weighted by Crippen LogP contribution is 2.16. The maximum atomic E-state index is 11.6. The van der Waals surface area contributed by atoms with Crippen LogP contribution in [0, 0.1) is 0 Å². The molecule has 0 saturated carbocycles. The van der Waals surface area contributed by atoms with Crippen molar-refractivity contribution in [2.45, 2.75) is 38.3 Å². The Labute approximate surface area is 112 Å².